The van der Waals surface area contributed by atoms with Crippen LogP contribution in [0, 0.1) is 17.9 Å². The summed E-state index contributed by atoms with van der Waals surface area (Å²) in [5.74, 6) is 0. The van der Waals surface area contributed by atoms with E-state index in [1.54, 1.807) is 0 Å². The molecule has 2 heterocycles. The third-order valence-electron chi connectivity index (χ3n) is 6.85. The van der Waals surface area contributed by atoms with E-state index < -0.39 is 0 Å². The Bertz CT molecular complexity index is 2080. The number of hydrogen-bond donors (Lipinski definition) is 0. The first kappa shape index (κ1) is 20.1. The summed E-state index contributed by atoms with van der Waals surface area (Å²) in [4.78, 5) is 3.64. The maximum atomic E-state index is 10.2. The molecule has 0 N–H and O–H groups in total. The number of rotatable bonds is 2. The molecule has 7 rings (SSSR count). The van der Waals surface area contributed by atoms with Crippen LogP contribution in [-0.4, -0.2) is 4.57 Å². The van der Waals surface area contributed by atoms with E-state index >= 15 is 0 Å². The Labute approximate surface area is 206 Å². The summed E-state index contributed by atoms with van der Waals surface area (Å²) in [5.41, 5.74) is 7.61. The van der Waals surface area contributed by atoms with E-state index in [0.717, 1.165) is 60.6 Å². The van der Waals surface area contributed by atoms with Gasteiger partial charge >= 0.3 is 0 Å². The molecular formula is C32H17N3O. The molecule has 7 aromatic rings. The summed E-state index contributed by atoms with van der Waals surface area (Å²) >= 11 is 0. The lowest BCUT2D eigenvalue weighted by atomic mass is 9.98. The van der Waals surface area contributed by atoms with Crippen LogP contribution in [0.3, 0.4) is 0 Å². The fraction of sp³-hybridized carbons (Fsp3) is 0. The minimum atomic E-state index is 0.585. The lowest BCUT2D eigenvalue weighted by Crippen LogP contribution is -2.00. The zero-order chi connectivity index (χ0) is 24.2. The van der Waals surface area contributed by atoms with E-state index in [4.69, 9.17) is 11.0 Å². The van der Waals surface area contributed by atoms with Crippen LogP contribution in [0.4, 0.5) is 5.69 Å². The average molecular weight is 460 g/mol. The minimum absolute atomic E-state index is 0.585. The van der Waals surface area contributed by atoms with E-state index in [1.807, 2.05) is 66.7 Å². The number of para-hydroxylation sites is 3. The lowest BCUT2D eigenvalue weighted by molar-refractivity contribution is 0.669. The Morgan fingerprint density at radius 2 is 1.47 bits per heavy atom. The molecule has 0 fully saturated rings. The Kier molecular flexibility index (Phi) is 4.24. The highest BCUT2D eigenvalue weighted by Crippen LogP contribution is 2.40. The molecule has 0 amide bonds. The van der Waals surface area contributed by atoms with Crippen molar-refractivity contribution in [3.05, 3.63) is 120 Å². The Balaban J connectivity index is 1.59. The number of fused-ring (bicyclic) bond motifs is 6. The third kappa shape index (κ3) is 2.79. The van der Waals surface area contributed by atoms with Crippen molar-refractivity contribution >= 4 is 49.4 Å². The van der Waals surface area contributed by atoms with E-state index in [0.29, 0.717) is 11.3 Å². The quantitative estimate of drug-likeness (QED) is 0.243. The van der Waals surface area contributed by atoms with Gasteiger partial charge in [0.2, 0.25) is 0 Å². The molecule has 0 spiro atoms. The highest BCUT2D eigenvalue weighted by molar-refractivity contribution is 6.11. The SMILES string of the molecule is [C-]#[N+]c1ccc2c(c1)c1ccccc1n2-c1c(C#N)cccc1-c1ccc2oc3ccccc3c2c1. The van der Waals surface area contributed by atoms with Crippen LogP contribution in [0.2, 0.25) is 0 Å². The van der Waals surface area contributed by atoms with Crippen LogP contribution in [0.1, 0.15) is 5.56 Å². The van der Waals surface area contributed by atoms with Crippen molar-refractivity contribution in [2.24, 2.45) is 0 Å². The number of nitriles is 1. The van der Waals surface area contributed by atoms with Gasteiger partial charge in [0.05, 0.1) is 28.9 Å². The number of aromatic nitrogens is 1. The summed E-state index contributed by atoms with van der Waals surface area (Å²) in [6, 6.07) is 36.4. The molecule has 166 valence electrons. The maximum Gasteiger partial charge on any atom is 0.188 e. The molecule has 0 atom stereocenters. The van der Waals surface area contributed by atoms with Crippen molar-refractivity contribution in [3.8, 4) is 22.9 Å². The summed E-state index contributed by atoms with van der Waals surface area (Å²) in [7, 11) is 0. The van der Waals surface area contributed by atoms with Crippen LogP contribution in [0.15, 0.2) is 108 Å². The van der Waals surface area contributed by atoms with Crippen LogP contribution in [0.5, 0.6) is 0 Å². The number of nitrogens with zero attached hydrogens (tertiary/aromatic N) is 3. The molecular weight excluding hydrogens is 442 g/mol. The molecule has 4 nitrogen and oxygen atoms in total. The third-order valence-corrected chi connectivity index (χ3v) is 6.85. The monoisotopic (exact) mass is 459 g/mol. The van der Waals surface area contributed by atoms with Crippen LogP contribution >= 0.6 is 0 Å². The Morgan fingerprint density at radius 1 is 0.694 bits per heavy atom. The molecule has 0 aliphatic heterocycles. The highest BCUT2D eigenvalue weighted by Gasteiger charge is 2.19. The predicted octanol–water partition coefficient (Wildman–Crippen LogP) is 8.77. The van der Waals surface area contributed by atoms with Crippen molar-refractivity contribution in [2.45, 2.75) is 0 Å². The second kappa shape index (κ2) is 7.60. The van der Waals surface area contributed by atoms with E-state index in [2.05, 4.69) is 51.9 Å². The average Bonchev–Trinajstić information content (AvgIpc) is 3.47. The molecule has 2 aromatic heterocycles. The lowest BCUT2D eigenvalue weighted by Gasteiger charge is -2.16. The van der Waals surface area contributed by atoms with Gasteiger partial charge in [0, 0.05) is 21.7 Å². The molecule has 36 heavy (non-hydrogen) atoms. The summed E-state index contributed by atoms with van der Waals surface area (Å²) < 4.78 is 8.20. The van der Waals surface area contributed by atoms with Gasteiger partial charge in [0.25, 0.3) is 0 Å². The Hall–Kier alpha value is -5.32. The van der Waals surface area contributed by atoms with Crippen molar-refractivity contribution in [3.63, 3.8) is 0 Å². The van der Waals surface area contributed by atoms with Gasteiger partial charge in [-0.1, -0.05) is 60.7 Å². The topological polar surface area (TPSA) is 46.2 Å². The van der Waals surface area contributed by atoms with E-state index in [-0.39, 0.29) is 0 Å². The van der Waals surface area contributed by atoms with Gasteiger partial charge in [-0.05, 0) is 53.4 Å². The summed E-state index contributed by atoms with van der Waals surface area (Å²) in [6.45, 7) is 7.49. The fourth-order valence-electron chi connectivity index (χ4n) is 5.27. The Morgan fingerprint density at radius 3 is 2.33 bits per heavy atom. The first-order valence-corrected chi connectivity index (χ1v) is 11.6. The first-order chi connectivity index (χ1) is 17.8. The van der Waals surface area contributed by atoms with Gasteiger partial charge in [-0.25, -0.2) is 4.85 Å². The molecule has 0 aliphatic rings. The second-order valence-electron chi connectivity index (χ2n) is 8.79. The number of hydrogen-bond acceptors (Lipinski definition) is 2. The predicted molar refractivity (Wildman–Crippen MR) is 144 cm³/mol. The van der Waals surface area contributed by atoms with Gasteiger partial charge in [-0.2, -0.15) is 5.26 Å². The zero-order valence-corrected chi connectivity index (χ0v) is 19.1. The van der Waals surface area contributed by atoms with Crippen LogP contribution in [-0.2, 0) is 0 Å². The smallest absolute Gasteiger partial charge is 0.188 e. The number of furan rings is 1. The zero-order valence-electron chi connectivity index (χ0n) is 19.1. The van der Waals surface area contributed by atoms with Crippen LogP contribution < -0.4 is 0 Å². The van der Waals surface area contributed by atoms with Crippen molar-refractivity contribution in [2.75, 3.05) is 0 Å². The second-order valence-corrected chi connectivity index (χ2v) is 8.79. The summed E-state index contributed by atoms with van der Waals surface area (Å²) in [5, 5.41) is 14.3. The van der Waals surface area contributed by atoms with Crippen LogP contribution in [0.25, 0.3) is 65.4 Å². The molecule has 0 aliphatic carbocycles. The van der Waals surface area contributed by atoms with Gasteiger partial charge in [0.15, 0.2) is 5.69 Å². The van der Waals surface area contributed by atoms with Gasteiger partial charge in [0.1, 0.15) is 17.2 Å². The molecule has 0 radical (unpaired) electrons. The largest absolute Gasteiger partial charge is 0.456 e. The van der Waals surface area contributed by atoms with Crippen molar-refractivity contribution in [1.29, 1.82) is 5.26 Å². The van der Waals surface area contributed by atoms with Crippen molar-refractivity contribution < 1.29 is 4.42 Å². The molecule has 0 bridgehead atoms. The van der Waals surface area contributed by atoms with Gasteiger partial charge in [-0.3, -0.25) is 0 Å². The molecule has 0 saturated carbocycles. The molecule has 0 unspecified atom stereocenters. The standard InChI is InChI=1S/C32H17N3O/c1-34-22-14-15-29-26(18-22)24-8-2-4-11-28(24)35(29)32-21(19-33)7-6-10-23(32)20-13-16-31-27(17-20)25-9-3-5-12-30(25)36-31/h2-18H. The number of benzene rings is 5. The van der Waals surface area contributed by atoms with E-state index in [1.165, 1.54) is 0 Å². The molecule has 0 saturated heterocycles. The fourth-order valence-corrected chi connectivity index (χ4v) is 5.27. The minimum Gasteiger partial charge on any atom is -0.456 e. The van der Waals surface area contributed by atoms with E-state index in [9.17, 15) is 5.26 Å². The molecule has 4 heteroatoms. The highest BCUT2D eigenvalue weighted by atomic mass is 16.3. The summed E-state index contributed by atoms with van der Waals surface area (Å²) in [6.07, 6.45) is 0. The maximum absolute atomic E-state index is 10.2. The van der Waals surface area contributed by atoms with Gasteiger partial charge < -0.3 is 8.98 Å². The molecule has 5 aromatic carbocycles. The van der Waals surface area contributed by atoms with Gasteiger partial charge in [-0.15, -0.1) is 0 Å². The first-order valence-electron chi connectivity index (χ1n) is 11.6. The normalized spacial score (nSPS) is 11.3. The van der Waals surface area contributed by atoms with Crippen molar-refractivity contribution in [1.82, 2.24) is 4.57 Å².